The summed E-state index contributed by atoms with van der Waals surface area (Å²) in [6.45, 7) is 9.49. The third-order valence-electron chi connectivity index (χ3n) is 4.53. The Labute approximate surface area is 170 Å². The van der Waals surface area contributed by atoms with E-state index in [4.69, 9.17) is 4.74 Å². The smallest absolute Gasteiger partial charge is 0.191 e. The second-order valence-corrected chi connectivity index (χ2v) is 8.28. The first kappa shape index (κ1) is 24.3. The molecule has 0 aromatic rings. The summed E-state index contributed by atoms with van der Waals surface area (Å²) >= 11 is 2.07. The van der Waals surface area contributed by atoms with Gasteiger partial charge in [-0.3, -0.25) is 4.99 Å². The number of hydrogen-bond acceptors (Lipinski definition) is 3. The molecule has 0 bridgehead atoms. The van der Waals surface area contributed by atoms with E-state index in [-0.39, 0.29) is 24.0 Å². The molecule has 0 aromatic carbocycles. The van der Waals surface area contributed by atoms with Crippen molar-refractivity contribution in [3.8, 4) is 0 Å². The Bertz CT molecular complexity index is 331. The molecular weight excluding hydrogens is 433 g/mol. The van der Waals surface area contributed by atoms with E-state index in [0.717, 1.165) is 44.3 Å². The Kier molecular flexibility index (Phi) is 14.7. The first-order valence-corrected chi connectivity index (χ1v) is 10.3. The Morgan fingerprint density at radius 3 is 2.50 bits per heavy atom. The number of unbranched alkanes of at least 4 members (excludes halogenated alkanes) is 3. The number of halogens is 1. The van der Waals surface area contributed by atoms with E-state index in [1.807, 2.05) is 7.05 Å². The molecule has 0 amide bonds. The number of guanidine groups is 1. The molecule has 1 heterocycles. The second kappa shape index (κ2) is 14.5. The lowest BCUT2D eigenvalue weighted by Gasteiger charge is -2.37. The predicted molar refractivity (Wildman–Crippen MR) is 119 cm³/mol. The highest BCUT2D eigenvalue weighted by Crippen LogP contribution is 2.34. The van der Waals surface area contributed by atoms with Crippen LogP contribution in [0.2, 0.25) is 0 Å². The van der Waals surface area contributed by atoms with Crippen molar-refractivity contribution in [1.82, 2.24) is 10.6 Å². The average molecular weight is 471 g/mol. The summed E-state index contributed by atoms with van der Waals surface area (Å²) in [4.78, 5) is 4.40. The van der Waals surface area contributed by atoms with Crippen LogP contribution in [0.1, 0.15) is 65.7 Å². The fraction of sp³-hybridized carbons (Fsp3) is 0.944. The highest BCUT2D eigenvalue weighted by atomic mass is 127. The van der Waals surface area contributed by atoms with Gasteiger partial charge < -0.3 is 15.4 Å². The summed E-state index contributed by atoms with van der Waals surface area (Å²) in [5.74, 6) is 2.09. The number of aliphatic imine (C=N–C) groups is 1. The molecule has 1 rings (SSSR count). The number of ether oxygens (including phenoxy) is 1. The maximum absolute atomic E-state index is 5.55. The van der Waals surface area contributed by atoms with Crippen LogP contribution >= 0.6 is 35.7 Å². The molecule has 1 aliphatic heterocycles. The third kappa shape index (κ3) is 9.70. The highest BCUT2D eigenvalue weighted by molar-refractivity contribution is 14.0. The largest absolute Gasteiger partial charge is 0.381 e. The summed E-state index contributed by atoms with van der Waals surface area (Å²) in [6, 6.07) is 0.475. The molecule has 1 fully saturated rings. The van der Waals surface area contributed by atoms with Gasteiger partial charge in [-0.15, -0.1) is 24.0 Å². The van der Waals surface area contributed by atoms with Gasteiger partial charge in [0.05, 0.1) is 0 Å². The number of hydrogen-bond donors (Lipinski definition) is 2. The molecule has 6 heteroatoms. The zero-order valence-corrected chi connectivity index (χ0v) is 19.2. The molecule has 0 spiro atoms. The zero-order valence-electron chi connectivity index (χ0n) is 16.0. The molecule has 0 radical (unpaired) electrons. The number of thioether (sulfide) groups is 1. The van der Waals surface area contributed by atoms with E-state index >= 15 is 0 Å². The summed E-state index contributed by atoms with van der Waals surface area (Å²) < 4.78 is 5.85. The Morgan fingerprint density at radius 1 is 1.21 bits per heavy atom. The van der Waals surface area contributed by atoms with Gasteiger partial charge in [-0.05, 0) is 31.9 Å². The lowest BCUT2D eigenvalue weighted by Crippen LogP contribution is -2.49. The van der Waals surface area contributed by atoms with E-state index in [9.17, 15) is 0 Å². The summed E-state index contributed by atoms with van der Waals surface area (Å²) in [6.07, 6.45) is 8.74. The van der Waals surface area contributed by atoms with Crippen molar-refractivity contribution in [2.75, 3.05) is 32.6 Å². The summed E-state index contributed by atoms with van der Waals surface area (Å²) in [5.41, 5.74) is 0. The molecular formula is C18H38IN3OS. The fourth-order valence-corrected chi connectivity index (χ4v) is 4.29. The van der Waals surface area contributed by atoms with Crippen LogP contribution in [-0.2, 0) is 4.74 Å². The zero-order chi connectivity index (χ0) is 17.0. The predicted octanol–water partition coefficient (Wildman–Crippen LogP) is 4.43. The average Bonchev–Trinajstić information content (AvgIpc) is 2.56. The molecule has 1 aliphatic rings. The van der Waals surface area contributed by atoms with Crippen LogP contribution in [0, 0.1) is 0 Å². The standard InChI is InChI=1S/C18H37N3OS.HI/c1-5-7-8-9-10-16(3)21-17(19-4)20-15-18(23-6-2)11-13-22-14-12-18;/h16H,5-15H2,1-4H3,(H2,19,20,21);1H. The first-order valence-electron chi connectivity index (χ1n) is 9.34. The molecule has 0 aromatic heterocycles. The maximum atomic E-state index is 5.55. The third-order valence-corrected chi connectivity index (χ3v) is 5.98. The van der Waals surface area contributed by atoms with Crippen LogP contribution in [-0.4, -0.2) is 49.3 Å². The van der Waals surface area contributed by atoms with Gasteiger partial charge in [0.15, 0.2) is 5.96 Å². The monoisotopic (exact) mass is 471 g/mol. The van der Waals surface area contributed by atoms with Crippen LogP contribution in [0.3, 0.4) is 0 Å². The molecule has 0 saturated carbocycles. The maximum Gasteiger partial charge on any atom is 0.191 e. The first-order chi connectivity index (χ1) is 11.2. The van der Waals surface area contributed by atoms with E-state index in [1.54, 1.807) is 0 Å². The SMILES string of the molecule is CCCCCCC(C)NC(=NC)NCC1(SCC)CCOCC1.I. The van der Waals surface area contributed by atoms with Crippen LogP contribution < -0.4 is 10.6 Å². The minimum atomic E-state index is 0. The van der Waals surface area contributed by atoms with Crippen molar-refractivity contribution < 1.29 is 4.74 Å². The van der Waals surface area contributed by atoms with Gasteiger partial charge in [-0.1, -0.05) is 39.5 Å². The van der Waals surface area contributed by atoms with E-state index in [2.05, 4.69) is 48.2 Å². The van der Waals surface area contributed by atoms with Crippen molar-refractivity contribution in [3.63, 3.8) is 0 Å². The van der Waals surface area contributed by atoms with Crippen molar-refractivity contribution in [2.45, 2.75) is 76.5 Å². The van der Waals surface area contributed by atoms with Crippen LogP contribution in [0.15, 0.2) is 4.99 Å². The van der Waals surface area contributed by atoms with Gasteiger partial charge >= 0.3 is 0 Å². The van der Waals surface area contributed by atoms with Crippen molar-refractivity contribution in [2.24, 2.45) is 4.99 Å². The van der Waals surface area contributed by atoms with E-state index < -0.39 is 0 Å². The highest BCUT2D eigenvalue weighted by Gasteiger charge is 2.32. The molecule has 1 atom stereocenters. The van der Waals surface area contributed by atoms with Gasteiger partial charge in [0.1, 0.15) is 0 Å². The number of nitrogens with zero attached hydrogens (tertiary/aromatic N) is 1. The van der Waals surface area contributed by atoms with E-state index in [1.165, 1.54) is 32.1 Å². The topological polar surface area (TPSA) is 45.7 Å². The Balaban J connectivity index is 0.00000529. The summed E-state index contributed by atoms with van der Waals surface area (Å²) in [5, 5.41) is 7.10. The lowest BCUT2D eigenvalue weighted by atomic mass is 9.99. The second-order valence-electron chi connectivity index (χ2n) is 6.55. The summed E-state index contributed by atoms with van der Waals surface area (Å²) in [7, 11) is 1.86. The Morgan fingerprint density at radius 2 is 1.92 bits per heavy atom. The van der Waals surface area contributed by atoms with Gasteiger partial charge in [0.25, 0.3) is 0 Å². The van der Waals surface area contributed by atoms with Crippen LogP contribution in [0.4, 0.5) is 0 Å². The van der Waals surface area contributed by atoms with Crippen molar-refractivity contribution in [1.29, 1.82) is 0 Å². The van der Waals surface area contributed by atoms with Crippen LogP contribution in [0.5, 0.6) is 0 Å². The lowest BCUT2D eigenvalue weighted by molar-refractivity contribution is 0.0782. The molecule has 4 nitrogen and oxygen atoms in total. The Hall–Kier alpha value is 0.310. The minimum absolute atomic E-state index is 0. The van der Waals surface area contributed by atoms with E-state index in [0.29, 0.717) is 10.8 Å². The number of rotatable bonds is 10. The van der Waals surface area contributed by atoms with Gasteiger partial charge in [0, 0.05) is 37.6 Å². The molecule has 0 aliphatic carbocycles. The van der Waals surface area contributed by atoms with Gasteiger partial charge in [0.2, 0.25) is 0 Å². The van der Waals surface area contributed by atoms with Crippen molar-refractivity contribution in [3.05, 3.63) is 0 Å². The molecule has 1 saturated heterocycles. The minimum Gasteiger partial charge on any atom is -0.381 e. The molecule has 2 N–H and O–H groups in total. The molecule has 24 heavy (non-hydrogen) atoms. The van der Waals surface area contributed by atoms with Gasteiger partial charge in [-0.25, -0.2) is 0 Å². The fourth-order valence-electron chi connectivity index (χ4n) is 3.04. The van der Waals surface area contributed by atoms with Gasteiger partial charge in [-0.2, -0.15) is 11.8 Å². The molecule has 1 unspecified atom stereocenters. The number of nitrogens with one attached hydrogen (secondary N) is 2. The molecule has 144 valence electrons. The van der Waals surface area contributed by atoms with Crippen LogP contribution in [0.25, 0.3) is 0 Å². The van der Waals surface area contributed by atoms with Crippen molar-refractivity contribution >= 4 is 41.7 Å². The quantitative estimate of drug-likeness (QED) is 0.214. The normalized spacial score (nSPS) is 18.6.